The molecule has 0 amide bonds. The van der Waals surface area contributed by atoms with E-state index in [9.17, 15) is 9.59 Å². The zero-order chi connectivity index (χ0) is 14.1. The van der Waals surface area contributed by atoms with Gasteiger partial charge in [0.05, 0.1) is 11.9 Å². The highest BCUT2D eigenvalue weighted by molar-refractivity contribution is 7.99. The van der Waals surface area contributed by atoms with E-state index < -0.39 is 11.9 Å². The van der Waals surface area contributed by atoms with Crippen LogP contribution in [-0.4, -0.2) is 30.4 Å². The molecule has 0 spiro atoms. The van der Waals surface area contributed by atoms with E-state index in [0.717, 1.165) is 11.3 Å². The SMILES string of the molecule is CCOC(=O)COC(=O)C(C)SCc1ccccc1. The van der Waals surface area contributed by atoms with Crippen molar-refractivity contribution in [1.82, 2.24) is 0 Å². The van der Waals surface area contributed by atoms with Crippen LogP contribution in [0, 0.1) is 0 Å². The van der Waals surface area contributed by atoms with Gasteiger partial charge in [0.25, 0.3) is 0 Å². The molecule has 19 heavy (non-hydrogen) atoms. The molecular formula is C14H18O4S. The Labute approximate surface area is 117 Å². The van der Waals surface area contributed by atoms with Gasteiger partial charge in [0.15, 0.2) is 6.61 Å². The van der Waals surface area contributed by atoms with E-state index in [1.807, 2.05) is 30.3 Å². The topological polar surface area (TPSA) is 52.6 Å². The van der Waals surface area contributed by atoms with E-state index >= 15 is 0 Å². The van der Waals surface area contributed by atoms with Crippen molar-refractivity contribution in [3.8, 4) is 0 Å². The Balaban J connectivity index is 2.27. The fraction of sp³-hybridized carbons (Fsp3) is 0.429. The fourth-order valence-electron chi connectivity index (χ4n) is 1.31. The summed E-state index contributed by atoms with van der Waals surface area (Å²) in [5, 5.41) is -0.311. The molecule has 1 unspecified atom stereocenters. The second-order valence-electron chi connectivity index (χ2n) is 3.85. The zero-order valence-corrected chi connectivity index (χ0v) is 11.9. The van der Waals surface area contributed by atoms with Gasteiger partial charge in [0.2, 0.25) is 0 Å². The molecule has 1 aromatic rings. The molecule has 0 aliphatic rings. The van der Waals surface area contributed by atoms with Crippen molar-refractivity contribution < 1.29 is 19.1 Å². The van der Waals surface area contributed by atoms with Gasteiger partial charge in [-0.1, -0.05) is 30.3 Å². The molecule has 0 aliphatic carbocycles. The Hall–Kier alpha value is -1.49. The van der Waals surface area contributed by atoms with Crippen LogP contribution in [0.3, 0.4) is 0 Å². The first-order valence-corrected chi connectivity index (χ1v) is 7.16. The van der Waals surface area contributed by atoms with Gasteiger partial charge < -0.3 is 9.47 Å². The van der Waals surface area contributed by atoms with Crippen LogP contribution in [0.1, 0.15) is 19.4 Å². The number of carbonyl (C=O) groups is 2. The van der Waals surface area contributed by atoms with Crippen LogP contribution in [0.4, 0.5) is 0 Å². The first kappa shape index (κ1) is 15.6. The standard InChI is InChI=1S/C14H18O4S/c1-3-17-13(15)9-18-14(16)11(2)19-10-12-7-5-4-6-8-12/h4-8,11H,3,9-10H2,1-2H3. The average Bonchev–Trinajstić information content (AvgIpc) is 2.43. The van der Waals surface area contributed by atoms with Gasteiger partial charge in [-0.15, -0.1) is 11.8 Å². The number of hydrogen-bond acceptors (Lipinski definition) is 5. The molecule has 0 radical (unpaired) electrons. The lowest BCUT2D eigenvalue weighted by Gasteiger charge is -2.10. The number of ether oxygens (including phenoxy) is 2. The van der Waals surface area contributed by atoms with E-state index in [-0.39, 0.29) is 18.5 Å². The van der Waals surface area contributed by atoms with Crippen molar-refractivity contribution in [2.75, 3.05) is 13.2 Å². The maximum Gasteiger partial charge on any atom is 0.344 e. The van der Waals surface area contributed by atoms with E-state index in [0.29, 0.717) is 0 Å². The molecule has 0 aromatic heterocycles. The second kappa shape index (κ2) is 8.58. The number of benzene rings is 1. The van der Waals surface area contributed by atoms with Crippen LogP contribution in [0.15, 0.2) is 30.3 Å². The van der Waals surface area contributed by atoms with Gasteiger partial charge in [-0.25, -0.2) is 4.79 Å². The lowest BCUT2D eigenvalue weighted by molar-refractivity contribution is -0.157. The predicted octanol–water partition coefficient (Wildman–Crippen LogP) is 2.41. The number of carbonyl (C=O) groups excluding carboxylic acids is 2. The molecule has 1 atom stereocenters. The third-order valence-electron chi connectivity index (χ3n) is 2.31. The number of esters is 2. The van der Waals surface area contributed by atoms with Gasteiger partial charge in [-0.3, -0.25) is 4.79 Å². The molecular weight excluding hydrogens is 264 g/mol. The average molecular weight is 282 g/mol. The maximum atomic E-state index is 11.6. The summed E-state index contributed by atoms with van der Waals surface area (Å²) < 4.78 is 9.55. The molecule has 1 aromatic carbocycles. The first-order valence-electron chi connectivity index (χ1n) is 6.11. The minimum Gasteiger partial charge on any atom is -0.463 e. The van der Waals surface area contributed by atoms with E-state index in [2.05, 4.69) is 4.74 Å². The molecule has 0 N–H and O–H groups in total. The van der Waals surface area contributed by atoms with Crippen molar-refractivity contribution >= 4 is 23.7 Å². The largest absolute Gasteiger partial charge is 0.463 e. The second-order valence-corrected chi connectivity index (χ2v) is 5.18. The smallest absolute Gasteiger partial charge is 0.344 e. The van der Waals surface area contributed by atoms with Gasteiger partial charge in [-0.05, 0) is 19.4 Å². The van der Waals surface area contributed by atoms with Gasteiger partial charge in [0.1, 0.15) is 0 Å². The third-order valence-corrected chi connectivity index (χ3v) is 3.50. The highest BCUT2D eigenvalue weighted by Crippen LogP contribution is 2.18. The lowest BCUT2D eigenvalue weighted by atomic mass is 10.2. The summed E-state index contributed by atoms with van der Waals surface area (Å²) in [7, 11) is 0. The van der Waals surface area contributed by atoms with E-state index in [4.69, 9.17) is 4.74 Å². The Bertz CT molecular complexity index is 405. The van der Waals surface area contributed by atoms with Gasteiger partial charge in [0, 0.05) is 5.75 Å². The molecule has 0 bridgehead atoms. The number of rotatable bonds is 7. The number of hydrogen-bond donors (Lipinski definition) is 0. The summed E-state index contributed by atoms with van der Waals surface area (Å²) in [5.41, 5.74) is 1.15. The summed E-state index contributed by atoms with van der Waals surface area (Å²) in [5.74, 6) is -0.179. The van der Waals surface area contributed by atoms with Crippen LogP contribution in [0.5, 0.6) is 0 Å². The van der Waals surface area contributed by atoms with Crippen LogP contribution >= 0.6 is 11.8 Å². The Morgan fingerprint density at radius 2 is 1.89 bits per heavy atom. The minimum absolute atomic E-state index is 0.286. The molecule has 5 heteroatoms. The molecule has 0 fully saturated rings. The quantitative estimate of drug-likeness (QED) is 0.719. The molecule has 1 rings (SSSR count). The van der Waals surface area contributed by atoms with Crippen molar-refractivity contribution in [2.45, 2.75) is 24.9 Å². The Morgan fingerprint density at radius 3 is 2.53 bits per heavy atom. The highest BCUT2D eigenvalue weighted by Gasteiger charge is 2.16. The van der Waals surface area contributed by atoms with Crippen LogP contribution < -0.4 is 0 Å². The van der Waals surface area contributed by atoms with Gasteiger partial charge in [-0.2, -0.15) is 0 Å². The van der Waals surface area contributed by atoms with Crippen LogP contribution in [-0.2, 0) is 24.8 Å². The molecule has 4 nitrogen and oxygen atoms in total. The summed E-state index contributed by atoms with van der Waals surface area (Å²) in [6.45, 7) is 3.44. The summed E-state index contributed by atoms with van der Waals surface area (Å²) in [4.78, 5) is 22.7. The fourth-order valence-corrected chi connectivity index (χ4v) is 2.15. The lowest BCUT2D eigenvalue weighted by Crippen LogP contribution is -2.22. The van der Waals surface area contributed by atoms with E-state index in [1.54, 1.807) is 13.8 Å². The number of thioether (sulfide) groups is 1. The molecule has 104 valence electrons. The van der Waals surface area contributed by atoms with Crippen molar-refractivity contribution in [2.24, 2.45) is 0 Å². The summed E-state index contributed by atoms with van der Waals surface area (Å²) in [6, 6.07) is 9.87. The third kappa shape index (κ3) is 6.29. The Kier molecular flexibility index (Phi) is 7.03. The summed E-state index contributed by atoms with van der Waals surface area (Å²) in [6.07, 6.45) is 0. The molecule has 0 heterocycles. The maximum absolute atomic E-state index is 11.6. The van der Waals surface area contributed by atoms with Crippen molar-refractivity contribution in [3.05, 3.63) is 35.9 Å². The van der Waals surface area contributed by atoms with Gasteiger partial charge >= 0.3 is 11.9 Å². The van der Waals surface area contributed by atoms with E-state index in [1.165, 1.54) is 11.8 Å². The normalized spacial score (nSPS) is 11.7. The molecule has 0 saturated heterocycles. The first-order chi connectivity index (χ1) is 9.13. The van der Waals surface area contributed by atoms with Crippen LogP contribution in [0.2, 0.25) is 0 Å². The monoisotopic (exact) mass is 282 g/mol. The Morgan fingerprint density at radius 1 is 1.21 bits per heavy atom. The minimum atomic E-state index is -0.517. The zero-order valence-electron chi connectivity index (χ0n) is 11.1. The van der Waals surface area contributed by atoms with Crippen LogP contribution in [0.25, 0.3) is 0 Å². The highest BCUT2D eigenvalue weighted by atomic mass is 32.2. The summed E-state index contributed by atoms with van der Waals surface area (Å²) >= 11 is 1.48. The predicted molar refractivity (Wildman–Crippen MR) is 74.8 cm³/mol. The van der Waals surface area contributed by atoms with Crippen molar-refractivity contribution in [1.29, 1.82) is 0 Å². The molecule has 0 saturated carbocycles. The molecule has 0 aliphatic heterocycles. The van der Waals surface area contributed by atoms with Crippen molar-refractivity contribution in [3.63, 3.8) is 0 Å².